The van der Waals surface area contributed by atoms with Crippen molar-refractivity contribution < 1.29 is 14.3 Å². The molecule has 0 atom stereocenters. The lowest BCUT2D eigenvalue weighted by Gasteiger charge is -2.09. The lowest BCUT2D eigenvalue weighted by molar-refractivity contribution is -0.120. The first-order valence-corrected chi connectivity index (χ1v) is 8.53. The number of amides is 1. The number of methoxy groups -OCH3 is 2. The Morgan fingerprint density at radius 1 is 1.16 bits per heavy atom. The molecule has 0 aliphatic rings. The third kappa shape index (κ3) is 5.06. The van der Waals surface area contributed by atoms with Gasteiger partial charge in [0.2, 0.25) is 5.91 Å². The molecule has 1 N–H and O–H groups in total. The van der Waals surface area contributed by atoms with Gasteiger partial charge in [0.1, 0.15) is 11.5 Å². The molecule has 132 valence electrons. The summed E-state index contributed by atoms with van der Waals surface area (Å²) in [5.74, 6) is 1.09. The van der Waals surface area contributed by atoms with Crippen molar-refractivity contribution >= 4 is 28.1 Å². The highest BCUT2D eigenvalue weighted by Gasteiger charge is 2.09. The number of benzene rings is 2. The van der Waals surface area contributed by atoms with Gasteiger partial charge in [-0.15, -0.1) is 0 Å². The molecule has 2 aromatic carbocycles. The Hall–Kier alpha value is -2.34. The summed E-state index contributed by atoms with van der Waals surface area (Å²) in [5, 5.41) is 4.02. The lowest BCUT2D eigenvalue weighted by atomic mass is 10.0. The van der Waals surface area contributed by atoms with Gasteiger partial charge in [-0.2, -0.15) is 5.10 Å². The van der Waals surface area contributed by atoms with Crippen LogP contribution in [0.1, 0.15) is 22.3 Å². The number of rotatable bonds is 6. The van der Waals surface area contributed by atoms with Gasteiger partial charge in [-0.3, -0.25) is 4.79 Å². The zero-order chi connectivity index (χ0) is 18.4. The number of aryl methyl sites for hydroxylation is 2. The normalized spacial score (nSPS) is 10.8. The Labute approximate surface area is 156 Å². The third-order valence-electron chi connectivity index (χ3n) is 3.75. The second-order valence-electron chi connectivity index (χ2n) is 5.63. The number of halogens is 1. The summed E-state index contributed by atoms with van der Waals surface area (Å²) in [5.41, 5.74) is 6.54. The maximum Gasteiger partial charge on any atom is 0.244 e. The molecule has 0 aliphatic carbocycles. The fourth-order valence-corrected chi connectivity index (χ4v) is 2.94. The summed E-state index contributed by atoms with van der Waals surface area (Å²) in [6.07, 6.45) is 1.83. The third-order valence-corrected chi connectivity index (χ3v) is 4.37. The van der Waals surface area contributed by atoms with Crippen molar-refractivity contribution in [2.75, 3.05) is 14.2 Å². The second kappa shape index (κ2) is 8.67. The summed E-state index contributed by atoms with van der Waals surface area (Å²) >= 11 is 3.42. The van der Waals surface area contributed by atoms with E-state index in [1.165, 1.54) is 5.56 Å². The van der Waals surface area contributed by atoms with Crippen molar-refractivity contribution in [1.29, 1.82) is 0 Å². The molecule has 0 aliphatic heterocycles. The quantitative estimate of drug-likeness (QED) is 0.588. The van der Waals surface area contributed by atoms with E-state index in [-0.39, 0.29) is 12.3 Å². The number of hydrogen-bond donors (Lipinski definition) is 1. The van der Waals surface area contributed by atoms with Crippen LogP contribution in [-0.2, 0) is 11.2 Å². The first kappa shape index (κ1) is 19.0. The zero-order valence-electron chi connectivity index (χ0n) is 14.7. The molecular weight excluding hydrogens is 384 g/mol. The van der Waals surface area contributed by atoms with Gasteiger partial charge in [-0.05, 0) is 47.0 Å². The summed E-state index contributed by atoms with van der Waals surface area (Å²) in [6.45, 7) is 4.03. The Morgan fingerprint density at radius 3 is 2.52 bits per heavy atom. The van der Waals surface area contributed by atoms with Crippen molar-refractivity contribution in [1.82, 2.24) is 5.43 Å². The van der Waals surface area contributed by atoms with E-state index in [4.69, 9.17) is 9.47 Å². The van der Waals surface area contributed by atoms with Crippen LogP contribution in [-0.4, -0.2) is 26.3 Å². The van der Waals surface area contributed by atoms with Crippen LogP contribution in [0.25, 0.3) is 0 Å². The summed E-state index contributed by atoms with van der Waals surface area (Å²) in [6, 6.07) is 9.60. The van der Waals surface area contributed by atoms with Crippen LogP contribution in [0, 0.1) is 13.8 Å². The van der Waals surface area contributed by atoms with Crippen molar-refractivity contribution in [3.05, 3.63) is 57.1 Å². The molecule has 0 aromatic heterocycles. The van der Waals surface area contributed by atoms with Crippen LogP contribution in [0.2, 0.25) is 0 Å². The Balaban J connectivity index is 2.05. The van der Waals surface area contributed by atoms with E-state index in [2.05, 4.69) is 32.5 Å². The Morgan fingerprint density at radius 2 is 1.88 bits per heavy atom. The molecule has 2 rings (SSSR count). The van der Waals surface area contributed by atoms with Crippen LogP contribution in [0.15, 0.2) is 39.9 Å². The summed E-state index contributed by atoms with van der Waals surface area (Å²) in [4.78, 5) is 12.1. The van der Waals surface area contributed by atoms with E-state index in [0.29, 0.717) is 11.5 Å². The van der Waals surface area contributed by atoms with Gasteiger partial charge < -0.3 is 9.47 Å². The minimum atomic E-state index is -0.172. The largest absolute Gasteiger partial charge is 0.496 e. The molecule has 0 fully saturated rings. The first-order valence-electron chi connectivity index (χ1n) is 7.74. The summed E-state index contributed by atoms with van der Waals surface area (Å²) < 4.78 is 11.3. The standard InChI is InChI=1S/C19H21BrN2O3/c1-12-5-6-14(13(2)7-12)9-19(23)22-21-11-15-8-16(20)18(25-4)10-17(15)24-3/h5-8,10-11H,9H2,1-4H3,(H,22,23)/b21-11+. The van der Waals surface area contributed by atoms with Gasteiger partial charge in [0.15, 0.2) is 0 Å². The van der Waals surface area contributed by atoms with Gasteiger partial charge in [0, 0.05) is 11.6 Å². The topological polar surface area (TPSA) is 59.9 Å². The van der Waals surface area contributed by atoms with Crippen molar-refractivity contribution in [2.45, 2.75) is 20.3 Å². The average molecular weight is 405 g/mol. The number of hydrogen-bond acceptors (Lipinski definition) is 4. The predicted octanol–water partition coefficient (Wildman–Crippen LogP) is 3.78. The highest BCUT2D eigenvalue weighted by atomic mass is 79.9. The minimum Gasteiger partial charge on any atom is -0.496 e. The van der Waals surface area contributed by atoms with Gasteiger partial charge in [-0.25, -0.2) is 5.43 Å². The maximum absolute atomic E-state index is 12.1. The molecule has 25 heavy (non-hydrogen) atoms. The lowest BCUT2D eigenvalue weighted by Crippen LogP contribution is -2.20. The minimum absolute atomic E-state index is 0.172. The van der Waals surface area contributed by atoms with Crippen molar-refractivity contribution in [3.8, 4) is 11.5 Å². The van der Waals surface area contributed by atoms with E-state index in [1.807, 2.05) is 32.0 Å². The van der Waals surface area contributed by atoms with Crippen molar-refractivity contribution in [2.24, 2.45) is 5.10 Å². The molecule has 0 unspecified atom stereocenters. The van der Waals surface area contributed by atoms with Gasteiger partial charge >= 0.3 is 0 Å². The van der Waals surface area contributed by atoms with Crippen LogP contribution >= 0.6 is 15.9 Å². The van der Waals surface area contributed by atoms with Crippen LogP contribution in [0.5, 0.6) is 11.5 Å². The average Bonchev–Trinajstić information content (AvgIpc) is 2.57. The van der Waals surface area contributed by atoms with E-state index in [1.54, 1.807) is 26.5 Å². The number of nitrogens with one attached hydrogen (secondary N) is 1. The van der Waals surface area contributed by atoms with E-state index >= 15 is 0 Å². The van der Waals surface area contributed by atoms with Gasteiger partial charge in [0.25, 0.3) is 0 Å². The highest BCUT2D eigenvalue weighted by molar-refractivity contribution is 9.10. The van der Waals surface area contributed by atoms with E-state index in [9.17, 15) is 4.79 Å². The monoisotopic (exact) mass is 404 g/mol. The van der Waals surface area contributed by atoms with Gasteiger partial charge in [-0.1, -0.05) is 23.8 Å². The van der Waals surface area contributed by atoms with E-state index in [0.717, 1.165) is 21.2 Å². The number of ether oxygens (including phenoxy) is 2. The Bertz CT molecular complexity index is 803. The molecule has 0 bridgehead atoms. The van der Waals surface area contributed by atoms with Crippen LogP contribution in [0.4, 0.5) is 0 Å². The predicted molar refractivity (Wildman–Crippen MR) is 103 cm³/mol. The van der Waals surface area contributed by atoms with E-state index < -0.39 is 0 Å². The molecule has 0 radical (unpaired) electrons. The Kier molecular flexibility index (Phi) is 6.58. The number of carbonyl (C=O) groups is 1. The second-order valence-corrected chi connectivity index (χ2v) is 6.48. The zero-order valence-corrected chi connectivity index (χ0v) is 16.3. The molecular formula is C19H21BrN2O3. The fourth-order valence-electron chi connectivity index (χ4n) is 2.41. The SMILES string of the molecule is COc1cc(OC)c(/C=N/NC(=O)Cc2ccc(C)cc2C)cc1Br. The molecule has 1 amide bonds. The van der Waals surface area contributed by atoms with Crippen LogP contribution in [0.3, 0.4) is 0 Å². The number of carbonyl (C=O) groups excluding carboxylic acids is 1. The smallest absolute Gasteiger partial charge is 0.244 e. The molecule has 5 nitrogen and oxygen atoms in total. The molecule has 0 saturated heterocycles. The van der Waals surface area contributed by atoms with Crippen LogP contribution < -0.4 is 14.9 Å². The fraction of sp³-hybridized carbons (Fsp3) is 0.263. The van der Waals surface area contributed by atoms with Crippen molar-refractivity contribution in [3.63, 3.8) is 0 Å². The maximum atomic E-state index is 12.1. The number of nitrogens with zero attached hydrogens (tertiary/aromatic N) is 1. The van der Waals surface area contributed by atoms with Gasteiger partial charge in [0.05, 0.1) is 31.3 Å². The molecule has 0 heterocycles. The summed E-state index contributed by atoms with van der Waals surface area (Å²) in [7, 11) is 3.15. The molecule has 0 saturated carbocycles. The number of hydrazone groups is 1. The molecule has 0 spiro atoms. The highest BCUT2D eigenvalue weighted by Crippen LogP contribution is 2.31. The first-order chi connectivity index (χ1) is 11.9. The molecule has 6 heteroatoms. The molecule has 2 aromatic rings.